The zero-order chi connectivity index (χ0) is 47.4. The van der Waals surface area contributed by atoms with Gasteiger partial charge in [0.2, 0.25) is 0 Å². The molecule has 1 heterocycles. The van der Waals surface area contributed by atoms with Crippen molar-refractivity contribution < 1.29 is 28.6 Å². The molecule has 1 fully saturated rings. The number of hydrogen-bond donors (Lipinski definition) is 0. The van der Waals surface area contributed by atoms with Crippen LogP contribution in [0.4, 0.5) is 4.79 Å². The minimum absolute atomic E-state index is 0.0319. The lowest BCUT2D eigenvalue weighted by atomic mass is 9.87. The van der Waals surface area contributed by atoms with Crippen LogP contribution in [0.15, 0.2) is 0 Å². The normalized spacial score (nSPS) is 15.6. The van der Waals surface area contributed by atoms with E-state index >= 15 is 0 Å². The quantitative estimate of drug-likeness (QED) is 0.0344. The molecule has 1 amide bonds. The molecular weight excluding hydrogens is 807 g/mol. The summed E-state index contributed by atoms with van der Waals surface area (Å²) in [5, 5.41) is 0. The van der Waals surface area contributed by atoms with Gasteiger partial charge in [-0.05, 0) is 108 Å². The zero-order valence-electron chi connectivity index (χ0n) is 44.4. The van der Waals surface area contributed by atoms with Gasteiger partial charge in [0.1, 0.15) is 12.2 Å². The van der Waals surface area contributed by atoms with Gasteiger partial charge in [-0.3, -0.25) is 9.59 Å². The molecule has 0 aromatic carbocycles. The van der Waals surface area contributed by atoms with E-state index < -0.39 is 0 Å². The second-order valence-corrected chi connectivity index (χ2v) is 20.7. The smallest absolute Gasteiger partial charge is 0.409 e. The highest BCUT2D eigenvalue weighted by Crippen LogP contribution is 2.33. The largest absolute Gasteiger partial charge is 0.462 e. The van der Waals surface area contributed by atoms with E-state index in [9.17, 15) is 14.4 Å². The molecule has 0 aromatic rings. The van der Waals surface area contributed by atoms with Crippen LogP contribution in [0, 0.1) is 17.8 Å². The summed E-state index contributed by atoms with van der Waals surface area (Å²) in [6.45, 7) is 15.4. The molecule has 1 rings (SSSR count). The zero-order valence-corrected chi connectivity index (χ0v) is 44.4. The number of esters is 2. The lowest BCUT2D eigenvalue weighted by Gasteiger charge is -2.20. The molecule has 1 aliphatic heterocycles. The number of carbonyl (C=O) groups is 3. The van der Waals surface area contributed by atoms with Crippen LogP contribution in [0.25, 0.3) is 0 Å². The first-order valence-electron chi connectivity index (χ1n) is 29.1. The van der Waals surface area contributed by atoms with Gasteiger partial charge in [-0.1, -0.05) is 202 Å². The molecule has 1 saturated heterocycles. The minimum atomic E-state index is -0.200. The van der Waals surface area contributed by atoms with E-state index in [1.54, 1.807) is 0 Å². The van der Waals surface area contributed by atoms with Gasteiger partial charge < -0.3 is 19.1 Å². The fourth-order valence-electron chi connectivity index (χ4n) is 10.2. The number of ether oxygens (including phenoxy) is 3. The average Bonchev–Trinajstić information content (AvgIpc) is 3.71. The Morgan fingerprint density at radius 3 is 1.12 bits per heavy atom. The highest BCUT2D eigenvalue weighted by Gasteiger charge is 2.35. The van der Waals surface area contributed by atoms with Crippen LogP contribution in [0.1, 0.15) is 305 Å². The second kappa shape index (κ2) is 44.7. The standard InChI is InChI=1S/C58H111NO6/c1-7-13-18-22-26-30-42-54(43-31-27-23-19-14-8-2)64-56(60)46-36-40-52-49-59(58(62)63-48-35-34-39-51(12-6)38-17-11-5)50-53(52)41-37-47-57(61)65-55(44-32-28-24-20-15-9-3)45-33-29-25-21-16-10-4/h51-55H,7-50H2,1-6H3. The summed E-state index contributed by atoms with van der Waals surface area (Å²) in [4.78, 5) is 42.0. The van der Waals surface area contributed by atoms with Crippen molar-refractivity contribution in [3.8, 4) is 0 Å². The lowest BCUT2D eigenvalue weighted by Crippen LogP contribution is -2.30. The molecule has 7 nitrogen and oxygen atoms in total. The summed E-state index contributed by atoms with van der Waals surface area (Å²) in [5.41, 5.74) is 0. The Balaban J connectivity index is 2.83. The third-order valence-corrected chi connectivity index (χ3v) is 14.6. The number of rotatable bonds is 47. The SMILES string of the molecule is CCCCCCCCC(CCCCCCCC)OC(=O)CCCC1CN(C(=O)OCCCCC(CC)CCCC)CC1CCCC(=O)OC(CCCCCCCC)CCCCCCCC. The average molecular weight is 919 g/mol. The van der Waals surface area contributed by atoms with E-state index in [1.807, 2.05) is 4.90 Å². The monoisotopic (exact) mass is 918 g/mol. The van der Waals surface area contributed by atoms with Crippen molar-refractivity contribution in [1.82, 2.24) is 4.90 Å². The Hall–Kier alpha value is -1.79. The van der Waals surface area contributed by atoms with E-state index in [0.29, 0.717) is 32.5 Å². The number of hydrogen-bond acceptors (Lipinski definition) is 6. The van der Waals surface area contributed by atoms with Gasteiger partial charge in [0.05, 0.1) is 6.61 Å². The number of nitrogens with zero attached hydrogens (tertiary/aromatic N) is 1. The molecule has 0 aromatic heterocycles. The van der Waals surface area contributed by atoms with E-state index in [-0.39, 0.29) is 42.1 Å². The van der Waals surface area contributed by atoms with Gasteiger partial charge in [-0.25, -0.2) is 4.79 Å². The van der Waals surface area contributed by atoms with Gasteiger partial charge in [0.15, 0.2) is 0 Å². The molecule has 0 aliphatic carbocycles. The van der Waals surface area contributed by atoms with Crippen molar-refractivity contribution in [2.24, 2.45) is 17.8 Å². The minimum Gasteiger partial charge on any atom is -0.462 e. The topological polar surface area (TPSA) is 82.1 Å². The Morgan fingerprint density at radius 1 is 0.415 bits per heavy atom. The van der Waals surface area contributed by atoms with E-state index in [2.05, 4.69) is 41.5 Å². The van der Waals surface area contributed by atoms with Crippen LogP contribution < -0.4 is 0 Å². The molecule has 1 aliphatic rings. The molecule has 0 spiro atoms. The second-order valence-electron chi connectivity index (χ2n) is 20.7. The van der Waals surface area contributed by atoms with Crippen LogP contribution in [-0.2, 0) is 23.8 Å². The van der Waals surface area contributed by atoms with E-state index in [0.717, 1.165) is 95.8 Å². The first-order valence-corrected chi connectivity index (χ1v) is 29.1. The maximum Gasteiger partial charge on any atom is 0.409 e. The number of carbonyl (C=O) groups excluding carboxylic acids is 3. The maximum atomic E-state index is 13.4. The van der Waals surface area contributed by atoms with Gasteiger partial charge in [-0.2, -0.15) is 0 Å². The molecule has 384 valence electrons. The number of amides is 1. The maximum absolute atomic E-state index is 13.4. The lowest BCUT2D eigenvalue weighted by molar-refractivity contribution is -0.151. The Kier molecular flexibility index (Phi) is 42.1. The molecular formula is C58H111NO6. The predicted octanol–water partition coefficient (Wildman–Crippen LogP) is 18.2. The van der Waals surface area contributed by atoms with Crippen molar-refractivity contribution in [2.75, 3.05) is 19.7 Å². The summed E-state index contributed by atoms with van der Waals surface area (Å²) in [6, 6.07) is 0. The van der Waals surface area contributed by atoms with Crippen molar-refractivity contribution in [3.05, 3.63) is 0 Å². The predicted molar refractivity (Wildman–Crippen MR) is 276 cm³/mol. The van der Waals surface area contributed by atoms with Gasteiger partial charge in [-0.15, -0.1) is 0 Å². The first-order chi connectivity index (χ1) is 31.8. The molecule has 0 radical (unpaired) electrons. The summed E-state index contributed by atoms with van der Waals surface area (Å²) in [6.07, 6.45) is 46.2. The van der Waals surface area contributed by atoms with Crippen molar-refractivity contribution in [1.29, 1.82) is 0 Å². The van der Waals surface area contributed by atoms with Crippen LogP contribution in [0.5, 0.6) is 0 Å². The highest BCUT2D eigenvalue weighted by molar-refractivity contribution is 5.70. The highest BCUT2D eigenvalue weighted by atomic mass is 16.6. The van der Waals surface area contributed by atoms with Crippen LogP contribution in [0.2, 0.25) is 0 Å². The van der Waals surface area contributed by atoms with Gasteiger partial charge in [0, 0.05) is 25.9 Å². The van der Waals surface area contributed by atoms with E-state index in [1.165, 1.54) is 161 Å². The Labute approximate surface area is 404 Å². The van der Waals surface area contributed by atoms with Crippen LogP contribution >= 0.6 is 0 Å². The fraction of sp³-hybridized carbons (Fsp3) is 0.948. The summed E-state index contributed by atoms with van der Waals surface area (Å²) in [7, 11) is 0. The van der Waals surface area contributed by atoms with Crippen LogP contribution in [0.3, 0.4) is 0 Å². The van der Waals surface area contributed by atoms with Gasteiger partial charge >= 0.3 is 18.0 Å². The Morgan fingerprint density at radius 2 is 0.754 bits per heavy atom. The summed E-state index contributed by atoms with van der Waals surface area (Å²) >= 11 is 0. The molecule has 3 atom stereocenters. The fourth-order valence-corrected chi connectivity index (χ4v) is 10.2. The van der Waals surface area contributed by atoms with Gasteiger partial charge in [0.25, 0.3) is 0 Å². The van der Waals surface area contributed by atoms with Crippen molar-refractivity contribution in [2.45, 2.75) is 317 Å². The number of likely N-dealkylation sites (tertiary alicyclic amines) is 1. The van der Waals surface area contributed by atoms with E-state index in [4.69, 9.17) is 14.2 Å². The van der Waals surface area contributed by atoms with Crippen molar-refractivity contribution >= 4 is 18.0 Å². The van der Waals surface area contributed by atoms with Crippen molar-refractivity contribution in [3.63, 3.8) is 0 Å². The third kappa shape index (κ3) is 35.1. The Bertz CT molecular complexity index is 986. The molecule has 3 unspecified atom stereocenters. The number of unbranched alkanes of at least 4 members (excludes halogenated alkanes) is 22. The summed E-state index contributed by atoms with van der Waals surface area (Å²) < 4.78 is 18.3. The molecule has 0 bridgehead atoms. The molecule has 7 heteroatoms. The molecule has 65 heavy (non-hydrogen) atoms. The molecule has 0 N–H and O–H groups in total. The molecule has 0 saturated carbocycles. The first kappa shape index (κ1) is 61.2. The third-order valence-electron chi connectivity index (χ3n) is 14.6. The summed E-state index contributed by atoms with van der Waals surface area (Å²) in [5.74, 6) is 1.23. The van der Waals surface area contributed by atoms with Crippen LogP contribution in [-0.4, -0.2) is 54.8 Å².